The molecule has 3 heterocycles. The Balaban J connectivity index is 1.41. The van der Waals surface area contributed by atoms with Crippen molar-refractivity contribution in [1.29, 1.82) is 0 Å². The molecule has 0 radical (unpaired) electrons. The van der Waals surface area contributed by atoms with Crippen molar-refractivity contribution >= 4 is 11.8 Å². The highest BCUT2D eigenvalue weighted by atomic mass is 16.2. The van der Waals surface area contributed by atoms with Gasteiger partial charge < -0.3 is 9.80 Å². The lowest BCUT2D eigenvalue weighted by Gasteiger charge is -2.37. The van der Waals surface area contributed by atoms with Gasteiger partial charge in [-0.05, 0) is 50.5 Å². The van der Waals surface area contributed by atoms with Crippen LogP contribution < -0.4 is 0 Å². The maximum atomic E-state index is 13.1. The van der Waals surface area contributed by atoms with Crippen molar-refractivity contribution in [3.8, 4) is 0 Å². The molecule has 0 bridgehead atoms. The lowest BCUT2D eigenvalue weighted by atomic mass is 9.98. The summed E-state index contributed by atoms with van der Waals surface area (Å²) in [6, 6.07) is 0.202. The fourth-order valence-corrected chi connectivity index (χ4v) is 4.22. The molecule has 0 unspecified atom stereocenters. The molecule has 2 atom stereocenters. The Bertz CT molecular complexity index is 652. The molecular formula is C19H28N4O2. The summed E-state index contributed by atoms with van der Waals surface area (Å²) < 4.78 is 1.95. The minimum atomic E-state index is -0.147. The summed E-state index contributed by atoms with van der Waals surface area (Å²) in [5.41, 5.74) is 1.14. The van der Waals surface area contributed by atoms with E-state index >= 15 is 0 Å². The van der Waals surface area contributed by atoms with E-state index in [0.717, 1.165) is 44.5 Å². The average Bonchev–Trinajstić information content (AvgIpc) is 3.22. The van der Waals surface area contributed by atoms with Crippen LogP contribution in [0.5, 0.6) is 0 Å². The van der Waals surface area contributed by atoms with Crippen LogP contribution in [-0.4, -0.2) is 57.1 Å². The number of nitrogens with zero attached hydrogens (tertiary/aromatic N) is 4. The zero-order valence-corrected chi connectivity index (χ0v) is 15.1. The fraction of sp³-hybridized carbons (Fsp3) is 0.737. The van der Waals surface area contributed by atoms with Crippen molar-refractivity contribution in [1.82, 2.24) is 19.6 Å². The number of hydrogen-bond acceptors (Lipinski definition) is 3. The van der Waals surface area contributed by atoms with E-state index < -0.39 is 0 Å². The van der Waals surface area contributed by atoms with E-state index in [2.05, 4.69) is 5.10 Å². The quantitative estimate of drug-likeness (QED) is 0.819. The standard InChI is InChI=1S/C19H28N4O2/c1-14-9-20-22(10-14)13-17-4-2-3-7-23(17)19(25)16-8-18(24)21(12-16)11-15-5-6-15/h9-10,15-17H,2-8,11-13H2,1H3/t16-,17+/m0/s1. The molecule has 2 amide bonds. The van der Waals surface area contributed by atoms with Gasteiger partial charge in [0.15, 0.2) is 0 Å². The van der Waals surface area contributed by atoms with Crippen LogP contribution >= 0.6 is 0 Å². The topological polar surface area (TPSA) is 58.4 Å². The van der Waals surface area contributed by atoms with E-state index in [1.165, 1.54) is 12.8 Å². The van der Waals surface area contributed by atoms with Crippen LogP contribution in [-0.2, 0) is 16.1 Å². The lowest BCUT2D eigenvalue weighted by Crippen LogP contribution is -2.48. The first-order valence-electron chi connectivity index (χ1n) is 9.67. The number of carbonyl (C=O) groups excluding carboxylic acids is 2. The van der Waals surface area contributed by atoms with Crippen molar-refractivity contribution in [2.45, 2.75) is 58.0 Å². The molecule has 1 saturated carbocycles. The Morgan fingerprint density at radius 3 is 2.80 bits per heavy atom. The maximum Gasteiger partial charge on any atom is 0.228 e. The first-order chi connectivity index (χ1) is 12.1. The molecule has 6 nitrogen and oxygen atoms in total. The van der Waals surface area contributed by atoms with Crippen molar-refractivity contribution in [3.05, 3.63) is 18.0 Å². The van der Waals surface area contributed by atoms with Crippen LogP contribution in [0.3, 0.4) is 0 Å². The molecule has 6 heteroatoms. The van der Waals surface area contributed by atoms with Crippen LogP contribution in [0.1, 0.15) is 44.1 Å². The minimum Gasteiger partial charge on any atom is -0.342 e. The van der Waals surface area contributed by atoms with E-state index in [0.29, 0.717) is 18.9 Å². The van der Waals surface area contributed by atoms with Gasteiger partial charge >= 0.3 is 0 Å². The summed E-state index contributed by atoms with van der Waals surface area (Å²) in [6.07, 6.45) is 10.0. The Morgan fingerprint density at radius 2 is 2.08 bits per heavy atom. The predicted molar refractivity (Wildman–Crippen MR) is 93.7 cm³/mol. The number of likely N-dealkylation sites (tertiary alicyclic amines) is 2. The van der Waals surface area contributed by atoms with Gasteiger partial charge in [0.25, 0.3) is 0 Å². The van der Waals surface area contributed by atoms with Gasteiger partial charge in [0.05, 0.1) is 24.7 Å². The molecule has 3 fully saturated rings. The first kappa shape index (κ1) is 16.6. The van der Waals surface area contributed by atoms with E-state index in [-0.39, 0.29) is 23.8 Å². The van der Waals surface area contributed by atoms with E-state index in [9.17, 15) is 9.59 Å². The Kier molecular flexibility index (Phi) is 4.52. The van der Waals surface area contributed by atoms with Crippen molar-refractivity contribution in [2.24, 2.45) is 11.8 Å². The highest BCUT2D eigenvalue weighted by Gasteiger charge is 2.40. The number of carbonyl (C=O) groups is 2. The van der Waals surface area contributed by atoms with Gasteiger partial charge in [0.1, 0.15) is 0 Å². The highest BCUT2D eigenvalue weighted by Crippen LogP contribution is 2.33. The predicted octanol–water partition coefficient (Wildman–Crippen LogP) is 1.83. The SMILES string of the molecule is Cc1cnn(C[C@H]2CCCCN2C(=O)[C@H]2CC(=O)N(CC3CC3)C2)c1. The molecule has 1 aromatic rings. The smallest absolute Gasteiger partial charge is 0.228 e. The van der Waals surface area contributed by atoms with Gasteiger partial charge in [0.2, 0.25) is 11.8 Å². The van der Waals surface area contributed by atoms with Crippen LogP contribution in [0.25, 0.3) is 0 Å². The first-order valence-corrected chi connectivity index (χ1v) is 9.67. The minimum absolute atomic E-state index is 0.147. The molecule has 25 heavy (non-hydrogen) atoms. The normalized spacial score (nSPS) is 27.2. The fourth-order valence-electron chi connectivity index (χ4n) is 4.22. The van der Waals surface area contributed by atoms with Crippen LogP contribution in [0.2, 0.25) is 0 Å². The molecule has 3 aliphatic rings. The Morgan fingerprint density at radius 1 is 1.24 bits per heavy atom. The summed E-state index contributed by atoms with van der Waals surface area (Å²) in [6.45, 7) is 5.09. The molecule has 1 aliphatic carbocycles. The van der Waals surface area contributed by atoms with Gasteiger partial charge in [-0.15, -0.1) is 0 Å². The third kappa shape index (κ3) is 3.72. The third-order valence-corrected chi connectivity index (χ3v) is 5.81. The van der Waals surface area contributed by atoms with Crippen molar-refractivity contribution in [2.75, 3.05) is 19.6 Å². The molecule has 1 aromatic heterocycles. The van der Waals surface area contributed by atoms with Crippen LogP contribution in [0, 0.1) is 18.8 Å². The molecule has 136 valence electrons. The Hall–Kier alpha value is -1.85. The molecular weight excluding hydrogens is 316 g/mol. The molecule has 4 rings (SSSR count). The average molecular weight is 344 g/mol. The van der Waals surface area contributed by atoms with Gasteiger partial charge in [-0.1, -0.05) is 0 Å². The monoisotopic (exact) mass is 344 g/mol. The van der Waals surface area contributed by atoms with Crippen LogP contribution in [0.4, 0.5) is 0 Å². The second-order valence-electron chi connectivity index (χ2n) is 8.06. The number of rotatable bonds is 5. The molecule has 0 N–H and O–H groups in total. The summed E-state index contributed by atoms with van der Waals surface area (Å²) in [7, 11) is 0. The largest absolute Gasteiger partial charge is 0.342 e. The molecule has 0 spiro atoms. The Labute approximate surface area is 149 Å². The van der Waals surface area contributed by atoms with Gasteiger partial charge in [-0.2, -0.15) is 5.10 Å². The molecule has 2 saturated heterocycles. The zero-order valence-electron chi connectivity index (χ0n) is 15.1. The summed E-state index contributed by atoms with van der Waals surface area (Å²) >= 11 is 0. The number of hydrogen-bond donors (Lipinski definition) is 0. The second kappa shape index (κ2) is 6.81. The highest BCUT2D eigenvalue weighted by molar-refractivity contribution is 5.89. The number of aryl methyl sites for hydroxylation is 1. The van der Waals surface area contributed by atoms with E-state index in [4.69, 9.17) is 0 Å². The molecule has 2 aliphatic heterocycles. The zero-order chi connectivity index (χ0) is 17.4. The summed E-state index contributed by atoms with van der Waals surface area (Å²) in [5, 5.41) is 4.38. The van der Waals surface area contributed by atoms with Gasteiger partial charge in [-0.25, -0.2) is 0 Å². The van der Waals surface area contributed by atoms with E-state index in [1.54, 1.807) is 0 Å². The lowest BCUT2D eigenvalue weighted by molar-refractivity contribution is -0.139. The number of aromatic nitrogens is 2. The maximum absolute atomic E-state index is 13.1. The van der Waals surface area contributed by atoms with E-state index in [1.807, 2.05) is 33.8 Å². The second-order valence-corrected chi connectivity index (χ2v) is 8.06. The van der Waals surface area contributed by atoms with Crippen molar-refractivity contribution < 1.29 is 9.59 Å². The van der Waals surface area contributed by atoms with Crippen molar-refractivity contribution in [3.63, 3.8) is 0 Å². The number of piperidine rings is 1. The third-order valence-electron chi connectivity index (χ3n) is 5.81. The van der Waals surface area contributed by atoms with Gasteiger partial charge in [0, 0.05) is 32.3 Å². The summed E-state index contributed by atoms with van der Waals surface area (Å²) in [4.78, 5) is 29.3. The summed E-state index contributed by atoms with van der Waals surface area (Å²) in [5.74, 6) is 0.886. The molecule has 0 aromatic carbocycles. The van der Waals surface area contributed by atoms with Gasteiger partial charge in [-0.3, -0.25) is 14.3 Å². The number of amides is 2. The van der Waals surface area contributed by atoms with Crippen LogP contribution in [0.15, 0.2) is 12.4 Å².